The minimum atomic E-state index is -1.89. The van der Waals surface area contributed by atoms with Crippen LogP contribution in [0.2, 0.25) is 0 Å². The Kier molecular flexibility index (Phi) is 15.7. The zero-order valence-corrected chi connectivity index (χ0v) is 37.8. The lowest BCUT2D eigenvalue weighted by atomic mass is 9.66. The number of ether oxygens (including phenoxy) is 12. The van der Waals surface area contributed by atoms with E-state index in [-0.39, 0.29) is 87.4 Å². The lowest BCUT2D eigenvalue weighted by Crippen LogP contribution is -2.60. The first kappa shape index (κ1) is 49.6. The van der Waals surface area contributed by atoms with Gasteiger partial charge in [-0.3, -0.25) is 0 Å². The number of aliphatic hydroxyl groups excluding tert-OH is 3. The number of hydrogen-bond donors (Lipinski definition) is 7. The molecule has 0 aromatic heterocycles. The Morgan fingerprint density at radius 1 is 0.597 bits per heavy atom. The molecular weight excluding hydrogens is 888 g/mol. The number of hydrogen-bond acceptors (Lipinski definition) is 21. The van der Waals surface area contributed by atoms with Gasteiger partial charge in [0.1, 0.15) is 18.3 Å². The van der Waals surface area contributed by atoms with Gasteiger partial charge in [-0.05, 0) is 65.9 Å². The predicted octanol–water partition coefficient (Wildman–Crippen LogP) is 3.04. The molecule has 1 aliphatic carbocycles. The monoisotopic (exact) mass is 942 g/mol. The van der Waals surface area contributed by atoms with Crippen molar-refractivity contribution < 1.29 is 102 Å². The molecule has 0 saturated carbocycles. The van der Waals surface area contributed by atoms with Crippen LogP contribution < -0.4 is 37.9 Å². The summed E-state index contributed by atoms with van der Waals surface area (Å²) >= 11 is 0. The Hall–Kier alpha value is -6.78. The summed E-state index contributed by atoms with van der Waals surface area (Å²) < 4.78 is 67.5. The molecule has 4 aromatic rings. The molecule has 8 unspecified atom stereocenters. The second-order valence-corrected chi connectivity index (χ2v) is 15.4. The molecular formula is C46H54O21. The van der Waals surface area contributed by atoms with Crippen LogP contribution in [0.3, 0.4) is 0 Å². The molecule has 0 bridgehead atoms. The number of fused-ring (bicyclic) bond motifs is 1. The van der Waals surface area contributed by atoms with E-state index in [4.69, 9.17) is 56.8 Å². The van der Waals surface area contributed by atoms with E-state index in [1.807, 2.05) is 0 Å². The van der Waals surface area contributed by atoms with E-state index < -0.39 is 79.4 Å². The summed E-state index contributed by atoms with van der Waals surface area (Å²) in [7, 11) is 10.5. The van der Waals surface area contributed by atoms with Gasteiger partial charge < -0.3 is 92.6 Å². The van der Waals surface area contributed by atoms with Gasteiger partial charge in [0.2, 0.25) is 23.0 Å². The highest BCUT2D eigenvalue weighted by molar-refractivity contribution is 5.92. The van der Waals surface area contributed by atoms with E-state index in [2.05, 4.69) is 0 Å². The summed E-state index contributed by atoms with van der Waals surface area (Å²) in [6, 6.07) is 9.55. The fourth-order valence-corrected chi connectivity index (χ4v) is 8.41. The summed E-state index contributed by atoms with van der Waals surface area (Å²) in [6.07, 6.45) is -8.45. The third-order valence-electron chi connectivity index (χ3n) is 11.8. The van der Waals surface area contributed by atoms with Crippen LogP contribution in [0.5, 0.6) is 69.0 Å². The van der Waals surface area contributed by atoms with Crippen LogP contribution in [0.25, 0.3) is 0 Å². The fraction of sp³-hybridized carbons (Fsp3) is 0.435. The normalized spacial score (nSPS) is 22.1. The Balaban J connectivity index is 1.47. The van der Waals surface area contributed by atoms with Gasteiger partial charge in [0.05, 0.1) is 87.8 Å². The molecule has 0 amide bonds. The van der Waals surface area contributed by atoms with E-state index in [1.165, 1.54) is 81.1 Å². The molecule has 1 fully saturated rings. The smallest absolute Gasteiger partial charge is 0.338 e. The average Bonchev–Trinajstić information content (AvgIpc) is 3.34. The highest BCUT2D eigenvalue weighted by Crippen LogP contribution is 2.55. The number of methoxy groups -OCH3 is 8. The summed E-state index contributed by atoms with van der Waals surface area (Å²) in [6.45, 7) is -1.50. The van der Waals surface area contributed by atoms with Crippen molar-refractivity contribution >= 4 is 11.9 Å². The van der Waals surface area contributed by atoms with Crippen molar-refractivity contribution in [3.63, 3.8) is 0 Å². The molecule has 4 aromatic carbocycles. The molecule has 6 rings (SSSR count). The SMILES string of the molecule is COc1cc(C(=O)OCC2Cc3cc(OC)c(O)c(OC)c3C(c3cc(OC)c(O)c(OC)c3)C2COC2OC(CO)C(O)C(O)C2OC(=O)c2cc(OC)c(O)c(OC)c2)cc(OC)c1O. The maximum Gasteiger partial charge on any atom is 0.338 e. The van der Waals surface area contributed by atoms with Crippen molar-refractivity contribution in [2.24, 2.45) is 11.8 Å². The van der Waals surface area contributed by atoms with E-state index in [9.17, 15) is 45.3 Å². The van der Waals surface area contributed by atoms with Crippen molar-refractivity contribution in [2.45, 2.75) is 43.0 Å². The molecule has 21 heteroatoms. The minimum absolute atomic E-state index is 0.00373. The summed E-state index contributed by atoms with van der Waals surface area (Å²) in [5, 5.41) is 76.1. The van der Waals surface area contributed by atoms with Crippen LogP contribution in [0.4, 0.5) is 0 Å². The van der Waals surface area contributed by atoms with Crippen LogP contribution in [0.15, 0.2) is 42.5 Å². The molecule has 1 heterocycles. The molecule has 2 aliphatic rings. The van der Waals surface area contributed by atoms with Crippen molar-refractivity contribution in [3.05, 3.63) is 70.3 Å². The molecule has 364 valence electrons. The fourth-order valence-electron chi connectivity index (χ4n) is 8.41. The largest absolute Gasteiger partial charge is 0.502 e. The zero-order chi connectivity index (χ0) is 48.9. The average molecular weight is 943 g/mol. The van der Waals surface area contributed by atoms with E-state index >= 15 is 0 Å². The molecule has 21 nitrogen and oxygen atoms in total. The Bertz CT molecular complexity index is 2340. The first-order valence-corrected chi connectivity index (χ1v) is 20.6. The quantitative estimate of drug-likeness (QED) is 0.0706. The van der Waals surface area contributed by atoms with Crippen LogP contribution in [-0.2, 0) is 25.4 Å². The van der Waals surface area contributed by atoms with Gasteiger partial charge in [-0.2, -0.15) is 0 Å². The van der Waals surface area contributed by atoms with Gasteiger partial charge in [0.15, 0.2) is 58.4 Å². The maximum atomic E-state index is 13.8. The summed E-state index contributed by atoms with van der Waals surface area (Å²) in [5.41, 5.74) is 1.20. The number of benzene rings is 4. The van der Waals surface area contributed by atoms with Crippen molar-refractivity contribution in [3.8, 4) is 69.0 Å². The van der Waals surface area contributed by atoms with Gasteiger partial charge in [0.25, 0.3) is 0 Å². The topological polar surface area (TPSA) is 287 Å². The maximum absolute atomic E-state index is 13.8. The molecule has 1 saturated heterocycles. The minimum Gasteiger partial charge on any atom is -0.502 e. The summed E-state index contributed by atoms with van der Waals surface area (Å²) in [5.74, 6) is -6.15. The molecule has 7 N–H and O–H groups in total. The van der Waals surface area contributed by atoms with Crippen LogP contribution in [-0.4, -0.2) is 155 Å². The first-order valence-electron chi connectivity index (χ1n) is 20.6. The summed E-state index contributed by atoms with van der Waals surface area (Å²) in [4.78, 5) is 27.6. The number of phenolic OH excluding ortho intramolecular Hbond substituents is 4. The predicted molar refractivity (Wildman–Crippen MR) is 231 cm³/mol. The van der Waals surface area contributed by atoms with Gasteiger partial charge in [0, 0.05) is 17.4 Å². The third-order valence-corrected chi connectivity index (χ3v) is 11.8. The third kappa shape index (κ3) is 9.72. The second-order valence-electron chi connectivity index (χ2n) is 15.4. The molecule has 67 heavy (non-hydrogen) atoms. The molecule has 0 spiro atoms. The van der Waals surface area contributed by atoms with Gasteiger partial charge in [-0.15, -0.1) is 0 Å². The Morgan fingerprint density at radius 2 is 1.06 bits per heavy atom. The Labute approximate surface area is 384 Å². The van der Waals surface area contributed by atoms with Crippen LogP contribution in [0.1, 0.15) is 43.3 Å². The standard InChI is InChI=1S/C46H54O21/c1-56-26-11-21(12-27(57-2)36(26)48)34-25(19-65-46-43(41(53)39(51)33(17-47)66-46)67-45(55)23-15-30(60-5)38(50)31(16-23)61-6)24(9-20-10-32(62-7)40(52)42(63-8)35(20)34)18-64-44(54)22-13-28(58-3)37(49)29(14-22)59-4/h10-16,24-25,33-34,39,41,43,46-53H,9,17-19H2,1-8H3. The lowest BCUT2D eigenvalue weighted by molar-refractivity contribution is -0.303. The van der Waals surface area contributed by atoms with E-state index in [0.29, 0.717) is 16.7 Å². The number of aliphatic hydroxyl groups is 3. The van der Waals surface area contributed by atoms with Crippen molar-refractivity contribution in [1.29, 1.82) is 0 Å². The first-order chi connectivity index (χ1) is 32.1. The van der Waals surface area contributed by atoms with E-state index in [0.717, 1.165) is 12.1 Å². The lowest BCUT2D eigenvalue weighted by Gasteiger charge is -2.44. The number of carbonyl (C=O) groups excluding carboxylic acids is 2. The highest BCUT2D eigenvalue weighted by atomic mass is 16.7. The number of aromatic hydroxyl groups is 4. The van der Waals surface area contributed by atoms with Crippen molar-refractivity contribution in [1.82, 2.24) is 0 Å². The molecule has 1 aliphatic heterocycles. The van der Waals surface area contributed by atoms with Crippen molar-refractivity contribution in [2.75, 3.05) is 76.7 Å². The molecule has 8 atom stereocenters. The number of carbonyl (C=O) groups is 2. The Morgan fingerprint density at radius 3 is 1.52 bits per heavy atom. The van der Waals surface area contributed by atoms with Gasteiger partial charge in [-0.1, -0.05) is 0 Å². The molecule has 0 radical (unpaired) electrons. The van der Waals surface area contributed by atoms with Gasteiger partial charge >= 0.3 is 11.9 Å². The van der Waals surface area contributed by atoms with Crippen LogP contribution >= 0.6 is 0 Å². The second kappa shape index (κ2) is 21.2. The van der Waals surface area contributed by atoms with Crippen LogP contribution in [0, 0.1) is 11.8 Å². The van der Waals surface area contributed by atoms with E-state index in [1.54, 1.807) is 6.07 Å². The number of phenols is 4. The van der Waals surface area contributed by atoms with Gasteiger partial charge in [-0.25, -0.2) is 9.59 Å². The number of rotatable bonds is 18. The zero-order valence-electron chi connectivity index (χ0n) is 37.8. The number of esters is 2. The highest BCUT2D eigenvalue weighted by Gasteiger charge is 2.49.